The maximum absolute atomic E-state index is 12.3. The van der Waals surface area contributed by atoms with Crippen molar-refractivity contribution in [1.29, 1.82) is 0 Å². The molecule has 1 unspecified atom stereocenters. The van der Waals surface area contributed by atoms with E-state index in [1.807, 2.05) is 0 Å². The average molecular weight is 252 g/mol. The first kappa shape index (κ1) is 13.9. The van der Waals surface area contributed by atoms with Crippen LogP contribution in [0.25, 0.3) is 0 Å². The van der Waals surface area contributed by atoms with E-state index in [0.29, 0.717) is 18.0 Å². The molecule has 0 aromatic heterocycles. The molecule has 0 aromatic carbocycles. The molecule has 1 aliphatic heterocycles. The van der Waals surface area contributed by atoms with Crippen LogP contribution in [-0.4, -0.2) is 36.0 Å². The molecule has 18 heavy (non-hydrogen) atoms. The zero-order valence-corrected chi connectivity index (χ0v) is 11.8. The normalized spacial score (nSPS) is 23.3. The van der Waals surface area contributed by atoms with Gasteiger partial charge >= 0.3 is 0 Å². The summed E-state index contributed by atoms with van der Waals surface area (Å²) in [6.07, 6.45) is 10.5. The monoisotopic (exact) mass is 252 g/mol. The molecule has 0 bridgehead atoms. The predicted octanol–water partition coefficient (Wildman–Crippen LogP) is 2.70. The number of nitrogens with zero attached hydrogens (tertiary/aromatic N) is 1. The summed E-state index contributed by atoms with van der Waals surface area (Å²) in [6, 6.07) is 1.14. The minimum absolute atomic E-state index is 0.405. The number of hydrogen-bond donors (Lipinski definition) is 1. The van der Waals surface area contributed by atoms with Crippen molar-refractivity contribution in [3.63, 3.8) is 0 Å². The number of rotatable bonds is 8. The summed E-state index contributed by atoms with van der Waals surface area (Å²) in [5, 5.41) is 3.51. The summed E-state index contributed by atoms with van der Waals surface area (Å²) in [4.78, 5) is 14.4. The van der Waals surface area contributed by atoms with Gasteiger partial charge in [0.05, 0.1) is 0 Å². The highest BCUT2D eigenvalue weighted by Crippen LogP contribution is 2.28. The van der Waals surface area contributed by atoms with Crippen molar-refractivity contribution in [3.8, 4) is 0 Å². The Morgan fingerprint density at radius 3 is 2.67 bits per heavy atom. The van der Waals surface area contributed by atoms with E-state index < -0.39 is 0 Å². The molecule has 2 rings (SSSR count). The lowest BCUT2D eigenvalue weighted by Crippen LogP contribution is -2.42. The topological polar surface area (TPSA) is 32.3 Å². The Morgan fingerprint density at radius 2 is 2.06 bits per heavy atom. The molecule has 104 valence electrons. The lowest BCUT2D eigenvalue weighted by molar-refractivity contribution is -0.132. The molecule has 0 radical (unpaired) electrons. The molecule has 0 spiro atoms. The number of hydrogen-bond acceptors (Lipinski definition) is 2. The second-order valence-electron chi connectivity index (χ2n) is 5.88. The highest BCUT2D eigenvalue weighted by Gasteiger charge is 2.33. The first-order chi connectivity index (χ1) is 8.81. The van der Waals surface area contributed by atoms with Gasteiger partial charge in [0.25, 0.3) is 0 Å². The molecule has 2 aliphatic rings. The van der Waals surface area contributed by atoms with Gasteiger partial charge in [-0.25, -0.2) is 0 Å². The number of amides is 1. The Bertz CT molecular complexity index is 257. The van der Waals surface area contributed by atoms with E-state index in [-0.39, 0.29) is 0 Å². The van der Waals surface area contributed by atoms with Gasteiger partial charge in [-0.05, 0) is 38.6 Å². The predicted molar refractivity (Wildman–Crippen MR) is 74.5 cm³/mol. The largest absolute Gasteiger partial charge is 0.338 e. The molecule has 3 nitrogen and oxygen atoms in total. The van der Waals surface area contributed by atoms with Crippen LogP contribution in [0.5, 0.6) is 0 Å². The van der Waals surface area contributed by atoms with Crippen molar-refractivity contribution in [2.75, 3.05) is 13.1 Å². The minimum atomic E-state index is 0.405. The van der Waals surface area contributed by atoms with Gasteiger partial charge in [-0.2, -0.15) is 0 Å². The Balaban J connectivity index is 1.72. The molecule has 3 heteroatoms. The molecule has 1 atom stereocenters. The van der Waals surface area contributed by atoms with E-state index in [0.717, 1.165) is 25.9 Å². The third-order valence-electron chi connectivity index (χ3n) is 4.13. The third kappa shape index (κ3) is 4.27. The van der Waals surface area contributed by atoms with Gasteiger partial charge in [0.1, 0.15) is 0 Å². The second kappa shape index (κ2) is 7.13. The number of carbonyl (C=O) groups excluding carboxylic acids is 1. The molecular formula is C15H28N2O. The standard InChI is InChI=1S/C15H28N2O/c1-2-3-4-5-8-15(18)17(14-9-10-14)12-13-7-6-11-16-13/h13-14,16H,2-12H2,1H3. The van der Waals surface area contributed by atoms with Crippen LogP contribution in [0, 0.1) is 0 Å². The van der Waals surface area contributed by atoms with Crippen molar-refractivity contribution >= 4 is 5.91 Å². The van der Waals surface area contributed by atoms with Gasteiger partial charge in [0, 0.05) is 25.0 Å². The molecular weight excluding hydrogens is 224 g/mol. The van der Waals surface area contributed by atoms with Crippen molar-refractivity contribution < 1.29 is 4.79 Å². The Kier molecular flexibility index (Phi) is 5.48. The van der Waals surface area contributed by atoms with Crippen LogP contribution >= 0.6 is 0 Å². The Morgan fingerprint density at radius 1 is 1.22 bits per heavy atom. The summed E-state index contributed by atoms with van der Waals surface area (Å²) in [7, 11) is 0. The summed E-state index contributed by atoms with van der Waals surface area (Å²) in [6.45, 7) is 4.30. The van der Waals surface area contributed by atoms with Gasteiger partial charge in [0.2, 0.25) is 5.91 Å². The number of carbonyl (C=O) groups is 1. The highest BCUT2D eigenvalue weighted by atomic mass is 16.2. The van der Waals surface area contributed by atoms with Crippen LogP contribution in [0.3, 0.4) is 0 Å². The average Bonchev–Trinajstić information content (AvgIpc) is 3.08. The zero-order chi connectivity index (χ0) is 12.8. The molecule has 1 saturated heterocycles. The van der Waals surface area contributed by atoms with Crippen LogP contribution in [0.15, 0.2) is 0 Å². The van der Waals surface area contributed by atoms with Gasteiger partial charge in [-0.15, -0.1) is 0 Å². The summed E-state index contributed by atoms with van der Waals surface area (Å²) in [5.74, 6) is 0.405. The first-order valence-electron chi connectivity index (χ1n) is 7.84. The lowest BCUT2D eigenvalue weighted by Gasteiger charge is -2.26. The second-order valence-corrected chi connectivity index (χ2v) is 5.88. The van der Waals surface area contributed by atoms with E-state index in [4.69, 9.17) is 0 Å². The van der Waals surface area contributed by atoms with E-state index in [1.54, 1.807) is 0 Å². The quantitative estimate of drug-likeness (QED) is 0.674. The lowest BCUT2D eigenvalue weighted by atomic mass is 10.1. The molecule has 1 aliphatic carbocycles. The van der Waals surface area contributed by atoms with E-state index >= 15 is 0 Å². The maximum Gasteiger partial charge on any atom is 0.222 e. The molecule has 0 aromatic rings. The van der Waals surface area contributed by atoms with Crippen molar-refractivity contribution in [2.45, 2.75) is 76.8 Å². The van der Waals surface area contributed by atoms with Crippen molar-refractivity contribution in [2.24, 2.45) is 0 Å². The molecule has 1 amide bonds. The Labute approximate surface area is 111 Å². The molecule has 1 saturated carbocycles. The fourth-order valence-electron chi connectivity index (χ4n) is 2.84. The molecule has 1 heterocycles. The van der Waals surface area contributed by atoms with Crippen molar-refractivity contribution in [3.05, 3.63) is 0 Å². The van der Waals surface area contributed by atoms with E-state index in [9.17, 15) is 4.79 Å². The summed E-state index contributed by atoms with van der Waals surface area (Å²) in [5.41, 5.74) is 0. The van der Waals surface area contributed by atoms with Gasteiger partial charge in [-0.3, -0.25) is 4.79 Å². The highest BCUT2D eigenvalue weighted by molar-refractivity contribution is 5.76. The maximum atomic E-state index is 12.3. The van der Waals surface area contributed by atoms with E-state index in [2.05, 4.69) is 17.1 Å². The first-order valence-corrected chi connectivity index (χ1v) is 7.84. The van der Waals surface area contributed by atoms with Crippen LogP contribution < -0.4 is 5.32 Å². The van der Waals surface area contributed by atoms with Crippen LogP contribution in [0.4, 0.5) is 0 Å². The summed E-state index contributed by atoms with van der Waals surface area (Å²) < 4.78 is 0. The number of nitrogens with one attached hydrogen (secondary N) is 1. The van der Waals surface area contributed by atoms with Gasteiger partial charge < -0.3 is 10.2 Å². The fourth-order valence-corrected chi connectivity index (χ4v) is 2.84. The van der Waals surface area contributed by atoms with Crippen LogP contribution in [0.2, 0.25) is 0 Å². The smallest absolute Gasteiger partial charge is 0.222 e. The van der Waals surface area contributed by atoms with Gasteiger partial charge in [0.15, 0.2) is 0 Å². The fraction of sp³-hybridized carbons (Fsp3) is 0.933. The minimum Gasteiger partial charge on any atom is -0.338 e. The van der Waals surface area contributed by atoms with Gasteiger partial charge in [-0.1, -0.05) is 26.2 Å². The van der Waals surface area contributed by atoms with E-state index in [1.165, 1.54) is 44.9 Å². The molecule has 1 N–H and O–H groups in total. The number of unbranched alkanes of at least 4 members (excludes halogenated alkanes) is 3. The van der Waals surface area contributed by atoms with Crippen LogP contribution in [-0.2, 0) is 4.79 Å². The van der Waals surface area contributed by atoms with Crippen molar-refractivity contribution in [1.82, 2.24) is 10.2 Å². The SMILES string of the molecule is CCCCCCC(=O)N(CC1CCCN1)C1CC1. The van der Waals surface area contributed by atoms with Crippen LogP contribution in [0.1, 0.15) is 64.7 Å². The summed E-state index contributed by atoms with van der Waals surface area (Å²) >= 11 is 0. The Hall–Kier alpha value is -0.570. The molecule has 2 fully saturated rings. The third-order valence-corrected chi connectivity index (χ3v) is 4.13. The zero-order valence-electron chi connectivity index (χ0n) is 11.8.